The van der Waals surface area contributed by atoms with Crippen molar-refractivity contribution >= 4 is 17.7 Å². The van der Waals surface area contributed by atoms with Crippen molar-refractivity contribution < 1.29 is 14.7 Å². The van der Waals surface area contributed by atoms with Crippen molar-refractivity contribution in [2.75, 3.05) is 25.5 Å². The topological polar surface area (TPSA) is 73.7 Å². The maximum absolute atomic E-state index is 12.4. The van der Waals surface area contributed by atoms with E-state index < -0.39 is 12.0 Å². The number of aromatic nitrogens is 1. The number of likely N-dealkylation sites (tertiary alicyclic amines) is 1. The Hall–Kier alpha value is -2.11. The van der Waals surface area contributed by atoms with Crippen molar-refractivity contribution in [1.82, 2.24) is 9.88 Å². The summed E-state index contributed by atoms with van der Waals surface area (Å²) in [5, 5.41) is 9.21. The van der Waals surface area contributed by atoms with Gasteiger partial charge in [-0.25, -0.2) is 9.78 Å². The van der Waals surface area contributed by atoms with Crippen LogP contribution in [0.25, 0.3) is 0 Å². The van der Waals surface area contributed by atoms with Crippen molar-refractivity contribution in [3.63, 3.8) is 0 Å². The molecule has 1 saturated heterocycles. The summed E-state index contributed by atoms with van der Waals surface area (Å²) in [5.74, 6) is -0.430. The van der Waals surface area contributed by atoms with E-state index in [2.05, 4.69) is 4.98 Å². The molecule has 1 fully saturated rings. The monoisotopic (exact) mass is 277 g/mol. The highest BCUT2D eigenvalue weighted by Gasteiger charge is 2.32. The molecule has 0 saturated carbocycles. The van der Waals surface area contributed by atoms with E-state index in [1.54, 1.807) is 12.1 Å². The molecule has 20 heavy (non-hydrogen) atoms. The van der Waals surface area contributed by atoms with Gasteiger partial charge in [-0.2, -0.15) is 0 Å². The Morgan fingerprint density at radius 1 is 1.35 bits per heavy atom. The maximum Gasteiger partial charge on any atom is 0.326 e. The van der Waals surface area contributed by atoms with Crippen molar-refractivity contribution in [2.24, 2.45) is 0 Å². The minimum absolute atomic E-state index is 0.255. The van der Waals surface area contributed by atoms with Crippen molar-refractivity contribution in [3.8, 4) is 0 Å². The fourth-order valence-corrected chi connectivity index (χ4v) is 2.37. The molecule has 0 unspecified atom stereocenters. The molecular formula is C14H19N3O3. The number of amides is 1. The first kappa shape index (κ1) is 14.3. The van der Waals surface area contributed by atoms with Gasteiger partial charge in [-0.15, -0.1) is 0 Å². The molecule has 6 nitrogen and oxygen atoms in total. The van der Waals surface area contributed by atoms with Gasteiger partial charge in [-0.05, 0) is 31.4 Å². The van der Waals surface area contributed by atoms with Crippen LogP contribution in [-0.4, -0.2) is 53.5 Å². The van der Waals surface area contributed by atoms with Crippen LogP contribution in [-0.2, 0) is 4.79 Å². The number of carbonyl (C=O) groups excluding carboxylic acids is 1. The summed E-state index contributed by atoms with van der Waals surface area (Å²) in [6.45, 7) is 0.491. The third kappa shape index (κ3) is 2.89. The first-order valence-corrected chi connectivity index (χ1v) is 6.68. The van der Waals surface area contributed by atoms with Gasteiger partial charge in [0.2, 0.25) is 0 Å². The normalized spacial score (nSPS) is 18.7. The Bertz CT molecular complexity index is 499. The molecule has 1 aliphatic heterocycles. The predicted molar refractivity (Wildman–Crippen MR) is 74.9 cm³/mol. The average molecular weight is 277 g/mol. The first-order chi connectivity index (χ1) is 9.50. The number of aliphatic carboxylic acids is 1. The largest absolute Gasteiger partial charge is 0.480 e. The molecule has 1 aromatic heterocycles. The molecule has 0 aliphatic carbocycles. The van der Waals surface area contributed by atoms with Crippen molar-refractivity contribution in [1.29, 1.82) is 0 Å². The Morgan fingerprint density at radius 3 is 2.65 bits per heavy atom. The quantitative estimate of drug-likeness (QED) is 0.899. The zero-order valence-electron chi connectivity index (χ0n) is 11.7. The number of hydrogen-bond donors (Lipinski definition) is 1. The second-order valence-corrected chi connectivity index (χ2v) is 5.15. The summed E-state index contributed by atoms with van der Waals surface area (Å²) in [6.07, 6.45) is 3.72. The fraction of sp³-hybridized carbons (Fsp3) is 0.500. The van der Waals surface area contributed by atoms with Crippen LogP contribution >= 0.6 is 0 Å². The SMILES string of the molecule is CN(C)c1ccc(C(=O)N2CCCC[C@@H]2C(=O)O)cn1. The summed E-state index contributed by atoms with van der Waals surface area (Å²) in [6, 6.07) is 2.73. The lowest BCUT2D eigenvalue weighted by Crippen LogP contribution is -2.48. The number of hydrogen-bond acceptors (Lipinski definition) is 4. The average Bonchev–Trinajstić information content (AvgIpc) is 2.46. The molecule has 1 atom stereocenters. The lowest BCUT2D eigenvalue weighted by atomic mass is 10.0. The molecule has 0 radical (unpaired) electrons. The molecule has 1 aliphatic rings. The number of carbonyl (C=O) groups is 2. The predicted octanol–water partition coefficient (Wildman–Crippen LogP) is 1.23. The fourth-order valence-electron chi connectivity index (χ4n) is 2.37. The first-order valence-electron chi connectivity index (χ1n) is 6.68. The third-order valence-electron chi connectivity index (χ3n) is 3.50. The lowest BCUT2D eigenvalue weighted by molar-refractivity contribution is -0.143. The molecule has 0 spiro atoms. The molecule has 2 rings (SSSR count). The highest BCUT2D eigenvalue weighted by atomic mass is 16.4. The Balaban J connectivity index is 2.18. The van der Waals surface area contributed by atoms with Gasteiger partial charge in [0.15, 0.2) is 0 Å². The van der Waals surface area contributed by atoms with Crippen LogP contribution in [0.2, 0.25) is 0 Å². The minimum atomic E-state index is -0.934. The zero-order chi connectivity index (χ0) is 14.7. The van der Waals surface area contributed by atoms with Gasteiger partial charge in [0.25, 0.3) is 5.91 Å². The molecule has 2 heterocycles. The number of pyridine rings is 1. The number of anilines is 1. The molecular weight excluding hydrogens is 258 g/mol. The molecule has 1 aromatic rings. The summed E-state index contributed by atoms with van der Waals surface area (Å²) < 4.78 is 0. The standard InChI is InChI=1S/C14H19N3O3/c1-16(2)12-7-6-10(9-15-12)13(18)17-8-4-3-5-11(17)14(19)20/h6-7,9,11H,3-5,8H2,1-2H3,(H,19,20)/t11-/m1/s1. The van der Waals surface area contributed by atoms with E-state index in [1.165, 1.54) is 11.1 Å². The minimum Gasteiger partial charge on any atom is -0.480 e. The second-order valence-electron chi connectivity index (χ2n) is 5.15. The molecule has 6 heteroatoms. The van der Waals surface area contributed by atoms with E-state index in [0.717, 1.165) is 18.7 Å². The summed E-state index contributed by atoms with van der Waals surface area (Å²) >= 11 is 0. The molecule has 0 bridgehead atoms. The third-order valence-corrected chi connectivity index (χ3v) is 3.50. The van der Waals surface area contributed by atoms with Crippen LogP contribution in [0.1, 0.15) is 29.6 Å². The van der Waals surface area contributed by atoms with Crippen LogP contribution in [0, 0.1) is 0 Å². The van der Waals surface area contributed by atoms with Crippen LogP contribution < -0.4 is 4.90 Å². The van der Waals surface area contributed by atoms with Gasteiger partial charge in [-0.3, -0.25) is 4.79 Å². The van der Waals surface area contributed by atoms with E-state index in [4.69, 9.17) is 0 Å². The van der Waals surface area contributed by atoms with E-state index in [0.29, 0.717) is 18.5 Å². The van der Waals surface area contributed by atoms with Gasteiger partial charge in [0, 0.05) is 26.8 Å². The number of piperidine rings is 1. The van der Waals surface area contributed by atoms with Gasteiger partial charge in [0.1, 0.15) is 11.9 Å². The number of carboxylic acids is 1. The smallest absolute Gasteiger partial charge is 0.326 e. The highest BCUT2D eigenvalue weighted by Crippen LogP contribution is 2.20. The van der Waals surface area contributed by atoms with Crippen LogP contribution in [0.3, 0.4) is 0 Å². The number of rotatable bonds is 3. The molecule has 108 valence electrons. The Kier molecular flexibility index (Phi) is 4.22. The molecule has 1 amide bonds. The van der Waals surface area contributed by atoms with Gasteiger partial charge < -0.3 is 14.9 Å². The Morgan fingerprint density at radius 2 is 2.10 bits per heavy atom. The van der Waals surface area contributed by atoms with E-state index in [-0.39, 0.29) is 5.91 Å². The van der Waals surface area contributed by atoms with Gasteiger partial charge >= 0.3 is 5.97 Å². The molecule has 0 aromatic carbocycles. The zero-order valence-corrected chi connectivity index (χ0v) is 11.7. The highest BCUT2D eigenvalue weighted by molar-refractivity contribution is 5.96. The summed E-state index contributed by atoms with van der Waals surface area (Å²) in [4.78, 5) is 31.1. The summed E-state index contributed by atoms with van der Waals surface area (Å²) in [5.41, 5.74) is 0.434. The van der Waals surface area contributed by atoms with Crippen LogP contribution in [0.4, 0.5) is 5.82 Å². The van der Waals surface area contributed by atoms with Gasteiger partial charge in [-0.1, -0.05) is 0 Å². The maximum atomic E-state index is 12.4. The van der Waals surface area contributed by atoms with Crippen LogP contribution in [0.15, 0.2) is 18.3 Å². The van der Waals surface area contributed by atoms with E-state index in [9.17, 15) is 14.7 Å². The van der Waals surface area contributed by atoms with E-state index in [1.807, 2.05) is 19.0 Å². The van der Waals surface area contributed by atoms with Crippen LogP contribution in [0.5, 0.6) is 0 Å². The van der Waals surface area contributed by atoms with Crippen molar-refractivity contribution in [3.05, 3.63) is 23.9 Å². The van der Waals surface area contributed by atoms with E-state index >= 15 is 0 Å². The number of carboxylic acid groups (broad SMARTS) is 1. The number of nitrogens with zero attached hydrogens (tertiary/aromatic N) is 3. The van der Waals surface area contributed by atoms with Crippen molar-refractivity contribution in [2.45, 2.75) is 25.3 Å². The summed E-state index contributed by atoms with van der Waals surface area (Å²) in [7, 11) is 3.74. The Labute approximate surface area is 118 Å². The molecule has 1 N–H and O–H groups in total. The lowest BCUT2D eigenvalue weighted by Gasteiger charge is -2.32. The second kappa shape index (κ2) is 5.90. The van der Waals surface area contributed by atoms with Gasteiger partial charge in [0.05, 0.1) is 5.56 Å².